The van der Waals surface area contributed by atoms with Crippen LogP contribution in [0.3, 0.4) is 0 Å². The fourth-order valence-electron chi connectivity index (χ4n) is 0.521. The molecule has 0 spiro atoms. The topological polar surface area (TPSA) is 17.1 Å². The van der Waals surface area contributed by atoms with Gasteiger partial charge in [0.15, 0.2) is 6.29 Å². The van der Waals surface area contributed by atoms with Crippen molar-refractivity contribution in [2.75, 3.05) is 0 Å². The lowest BCUT2D eigenvalue weighted by molar-refractivity contribution is 0.112. The molecule has 0 N–H and O–H groups in total. The van der Waals surface area contributed by atoms with E-state index in [-0.39, 0.29) is 5.56 Å². The molecule has 0 saturated carbocycles. The van der Waals surface area contributed by atoms with Crippen LogP contribution in [0.25, 0.3) is 0 Å². The van der Waals surface area contributed by atoms with Gasteiger partial charge in [-0.2, -0.15) is 0 Å². The van der Waals surface area contributed by atoms with Crippen molar-refractivity contribution in [1.82, 2.24) is 0 Å². The molecular weight excluding hydrogens is 119 g/mol. The summed E-state index contributed by atoms with van der Waals surface area (Å²) in [6, 6.07) is 6.64. The maximum atomic E-state index is 12.3. The van der Waals surface area contributed by atoms with Gasteiger partial charge in [-0.25, -0.2) is 4.39 Å². The van der Waals surface area contributed by atoms with E-state index in [4.69, 9.17) is 0 Å². The van der Waals surface area contributed by atoms with Crippen LogP contribution < -0.4 is 0 Å². The van der Waals surface area contributed by atoms with Gasteiger partial charge < -0.3 is 0 Å². The van der Waals surface area contributed by atoms with Gasteiger partial charge in [0.05, 0.1) is 5.56 Å². The molecule has 0 fully saturated rings. The molecule has 0 aliphatic rings. The summed E-state index contributed by atoms with van der Waals surface area (Å²) in [6.07, 6.45) is 0.464. The number of carbonyl (C=O) groups is 1. The van der Waals surface area contributed by atoms with E-state index >= 15 is 0 Å². The maximum absolute atomic E-state index is 12.3. The zero-order valence-electron chi connectivity index (χ0n) is 4.60. The number of rotatable bonds is 1. The quantitative estimate of drug-likeness (QED) is 0.516. The smallest absolute Gasteiger partial charge is 0.153 e. The number of hydrogen-bond donors (Lipinski definition) is 0. The zero-order valence-corrected chi connectivity index (χ0v) is 4.60. The van der Waals surface area contributed by atoms with Crippen molar-refractivity contribution in [2.45, 2.75) is 0 Å². The molecule has 0 amide bonds. The Labute approximate surface area is 52.1 Å². The van der Waals surface area contributed by atoms with E-state index < -0.39 is 5.82 Å². The van der Waals surface area contributed by atoms with Crippen LogP contribution in [0.5, 0.6) is 0 Å². The van der Waals surface area contributed by atoms with Gasteiger partial charge >= 0.3 is 0 Å². The van der Waals surface area contributed by atoms with Crippen LogP contribution in [-0.2, 0) is 0 Å². The van der Waals surface area contributed by atoms with Crippen molar-refractivity contribution >= 4 is 6.29 Å². The van der Waals surface area contributed by atoms with E-state index in [9.17, 15) is 9.18 Å². The van der Waals surface area contributed by atoms with Crippen molar-refractivity contribution in [3.63, 3.8) is 0 Å². The molecule has 1 aromatic carbocycles. The van der Waals surface area contributed by atoms with Gasteiger partial charge in [0.2, 0.25) is 0 Å². The highest BCUT2D eigenvalue weighted by atomic mass is 19.1. The summed E-state index contributed by atoms with van der Waals surface area (Å²) in [7, 11) is 0. The summed E-state index contributed by atoms with van der Waals surface area (Å²) in [5.74, 6) is -0.590. The fraction of sp³-hybridized carbons (Fsp3) is 0. The van der Waals surface area contributed by atoms with Crippen LogP contribution in [0.4, 0.5) is 4.39 Å². The third kappa shape index (κ3) is 1.13. The molecule has 9 heavy (non-hydrogen) atoms. The molecule has 1 radical (unpaired) electrons. The number of benzene rings is 1. The SMILES string of the molecule is O=Cc1ccc[c]c1F. The molecule has 0 aromatic heterocycles. The highest BCUT2D eigenvalue weighted by Crippen LogP contribution is 2.00. The van der Waals surface area contributed by atoms with E-state index in [1.807, 2.05) is 0 Å². The number of halogens is 1. The molecule has 0 bridgehead atoms. The molecular formula is C7H4FO. The summed E-state index contributed by atoms with van der Waals surface area (Å²) < 4.78 is 12.3. The first-order chi connectivity index (χ1) is 4.34. The molecule has 45 valence electrons. The van der Waals surface area contributed by atoms with E-state index in [0.29, 0.717) is 6.29 Å². The van der Waals surface area contributed by atoms with Crippen molar-refractivity contribution in [3.8, 4) is 0 Å². The maximum Gasteiger partial charge on any atom is 0.153 e. The summed E-state index contributed by atoms with van der Waals surface area (Å²) in [4.78, 5) is 9.97. The Morgan fingerprint density at radius 3 is 2.89 bits per heavy atom. The molecule has 2 heteroatoms. The second kappa shape index (κ2) is 2.40. The van der Waals surface area contributed by atoms with E-state index in [0.717, 1.165) is 0 Å². The largest absolute Gasteiger partial charge is 0.298 e. The summed E-state index contributed by atoms with van der Waals surface area (Å²) >= 11 is 0. The van der Waals surface area contributed by atoms with Crippen LogP contribution in [0.15, 0.2) is 18.2 Å². The first kappa shape index (κ1) is 5.95. The van der Waals surface area contributed by atoms with Crippen LogP contribution in [0, 0.1) is 11.9 Å². The van der Waals surface area contributed by atoms with Gasteiger partial charge in [-0.05, 0) is 6.07 Å². The van der Waals surface area contributed by atoms with Gasteiger partial charge in [-0.15, -0.1) is 0 Å². The minimum absolute atomic E-state index is 0.0532. The molecule has 0 unspecified atom stereocenters. The molecule has 1 rings (SSSR count). The van der Waals surface area contributed by atoms with Crippen LogP contribution in [0.1, 0.15) is 10.4 Å². The molecule has 0 saturated heterocycles. The van der Waals surface area contributed by atoms with Crippen LogP contribution >= 0.6 is 0 Å². The normalized spacial score (nSPS) is 9.00. The minimum atomic E-state index is -0.590. The lowest BCUT2D eigenvalue weighted by Gasteiger charge is -1.87. The number of aldehydes is 1. The lowest BCUT2D eigenvalue weighted by Crippen LogP contribution is -1.84. The van der Waals surface area contributed by atoms with Gasteiger partial charge in [0.1, 0.15) is 5.82 Å². The predicted octanol–water partition coefficient (Wildman–Crippen LogP) is 1.44. The minimum Gasteiger partial charge on any atom is -0.298 e. The third-order valence-electron chi connectivity index (χ3n) is 0.962. The summed E-state index contributed by atoms with van der Waals surface area (Å²) in [5, 5.41) is 0. The molecule has 0 heterocycles. The van der Waals surface area contributed by atoms with E-state index in [1.165, 1.54) is 12.1 Å². The van der Waals surface area contributed by atoms with E-state index in [2.05, 4.69) is 6.07 Å². The van der Waals surface area contributed by atoms with Crippen LogP contribution in [0.2, 0.25) is 0 Å². The van der Waals surface area contributed by atoms with Crippen molar-refractivity contribution < 1.29 is 9.18 Å². The van der Waals surface area contributed by atoms with E-state index in [1.54, 1.807) is 6.07 Å². The first-order valence-electron chi connectivity index (χ1n) is 2.46. The second-order valence-electron chi connectivity index (χ2n) is 1.56. The Bertz CT molecular complexity index is 220. The van der Waals surface area contributed by atoms with Crippen molar-refractivity contribution in [2.24, 2.45) is 0 Å². The highest BCUT2D eigenvalue weighted by molar-refractivity contribution is 5.74. The molecule has 0 aliphatic carbocycles. The summed E-state index contributed by atoms with van der Waals surface area (Å²) in [6.45, 7) is 0. The van der Waals surface area contributed by atoms with Crippen molar-refractivity contribution in [3.05, 3.63) is 35.6 Å². The van der Waals surface area contributed by atoms with Crippen molar-refractivity contribution in [1.29, 1.82) is 0 Å². The Hall–Kier alpha value is -1.18. The summed E-state index contributed by atoms with van der Waals surface area (Å²) in [5.41, 5.74) is 0.0532. The Balaban J connectivity index is 3.15. The Morgan fingerprint density at radius 2 is 2.44 bits per heavy atom. The van der Waals surface area contributed by atoms with Gasteiger partial charge in [0, 0.05) is 6.07 Å². The first-order valence-corrected chi connectivity index (χ1v) is 2.46. The highest BCUT2D eigenvalue weighted by Gasteiger charge is 1.95. The molecule has 0 atom stereocenters. The fourth-order valence-corrected chi connectivity index (χ4v) is 0.521. The third-order valence-corrected chi connectivity index (χ3v) is 0.962. The lowest BCUT2D eigenvalue weighted by atomic mass is 10.2. The molecule has 1 aromatic rings. The average molecular weight is 123 g/mol. The number of carbonyl (C=O) groups excluding carboxylic acids is 1. The molecule has 0 aliphatic heterocycles. The van der Waals surface area contributed by atoms with Gasteiger partial charge in [-0.3, -0.25) is 4.79 Å². The monoisotopic (exact) mass is 123 g/mol. The average Bonchev–Trinajstić information content (AvgIpc) is 1.89. The van der Waals surface area contributed by atoms with Gasteiger partial charge in [0.25, 0.3) is 0 Å². The number of hydrogen-bond acceptors (Lipinski definition) is 1. The molecule has 1 nitrogen and oxygen atoms in total. The van der Waals surface area contributed by atoms with Crippen LogP contribution in [-0.4, -0.2) is 6.29 Å². The second-order valence-corrected chi connectivity index (χ2v) is 1.56. The standard InChI is InChI=1S/C7H4FO/c8-7-4-2-1-3-6(7)5-9/h1-3,5H. The Morgan fingerprint density at radius 1 is 1.67 bits per heavy atom. The van der Waals surface area contributed by atoms with Gasteiger partial charge in [-0.1, -0.05) is 12.1 Å². The zero-order chi connectivity index (χ0) is 6.69. The predicted molar refractivity (Wildman–Crippen MR) is 30.6 cm³/mol. The Kier molecular flexibility index (Phi) is 1.58.